The van der Waals surface area contributed by atoms with Crippen molar-refractivity contribution < 1.29 is 18.7 Å². The molecule has 1 aromatic heterocycles. The van der Waals surface area contributed by atoms with Crippen LogP contribution in [0, 0.1) is 5.82 Å². The van der Waals surface area contributed by atoms with Crippen molar-refractivity contribution >= 4 is 17.8 Å². The van der Waals surface area contributed by atoms with Crippen LogP contribution >= 0.6 is 0 Å². The Balaban J connectivity index is 1.47. The van der Waals surface area contributed by atoms with Gasteiger partial charge in [0.25, 0.3) is 17.4 Å². The van der Waals surface area contributed by atoms with E-state index in [2.05, 4.69) is 15.6 Å². The highest BCUT2D eigenvalue weighted by atomic mass is 19.1. The van der Waals surface area contributed by atoms with Gasteiger partial charge in [-0.15, -0.1) is 0 Å². The summed E-state index contributed by atoms with van der Waals surface area (Å²) in [6.07, 6.45) is 0. The molecule has 0 aliphatic carbocycles. The summed E-state index contributed by atoms with van der Waals surface area (Å²) in [5, 5.41) is 5.19. The van der Waals surface area contributed by atoms with Crippen LogP contribution in [-0.2, 0) is 26.2 Å². The number of halogens is 1. The summed E-state index contributed by atoms with van der Waals surface area (Å²) in [6, 6.07) is 22.8. The molecule has 0 unspecified atom stereocenters. The summed E-state index contributed by atoms with van der Waals surface area (Å²) in [5.74, 6) is -1.49. The number of hydrogen-bond donors (Lipinski definition) is 2. The summed E-state index contributed by atoms with van der Waals surface area (Å²) >= 11 is 0. The first-order valence-electron chi connectivity index (χ1n) is 12.8. The van der Waals surface area contributed by atoms with Gasteiger partial charge >= 0.3 is 0 Å². The van der Waals surface area contributed by atoms with Gasteiger partial charge in [-0.25, -0.2) is 9.37 Å². The second-order valence-electron chi connectivity index (χ2n) is 9.29. The molecule has 2 heterocycles. The molecule has 40 heavy (non-hydrogen) atoms. The fourth-order valence-corrected chi connectivity index (χ4v) is 4.56. The van der Waals surface area contributed by atoms with Gasteiger partial charge in [-0.3, -0.25) is 19.0 Å². The number of hydrogen-bond acceptors (Lipinski definition) is 6. The lowest BCUT2D eigenvalue weighted by atomic mass is 10.1. The van der Waals surface area contributed by atoms with Gasteiger partial charge in [0.05, 0.1) is 0 Å². The number of fused-ring (bicyclic) bond motifs is 1. The number of aromatic nitrogens is 2. The summed E-state index contributed by atoms with van der Waals surface area (Å²) < 4.78 is 21.2. The molecule has 0 saturated heterocycles. The molecular formula is C30H28FN5O4. The normalized spacial score (nSPS) is 12.1. The van der Waals surface area contributed by atoms with E-state index in [4.69, 9.17) is 4.74 Å². The Hall–Kier alpha value is -4.99. The van der Waals surface area contributed by atoms with E-state index in [0.717, 1.165) is 17.2 Å². The summed E-state index contributed by atoms with van der Waals surface area (Å²) in [5.41, 5.74) is 1.76. The zero-order valence-electron chi connectivity index (χ0n) is 21.9. The van der Waals surface area contributed by atoms with Gasteiger partial charge in [-0.2, -0.15) is 0 Å². The number of nitrogens with zero attached hydrogens (tertiary/aromatic N) is 3. The smallest absolute Gasteiger partial charge is 0.298 e. The Bertz CT molecular complexity index is 1590. The Kier molecular flexibility index (Phi) is 7.86. The fourth-order valence-electron chi connectivity index (χ4n) is 4.56. The average Bonchev–Trinajstić information content (AvgIpc) is 3.39. The first kappa shape index (κ1) is 26.6. The second-order valence-corrected chi connectivity index (χ2v) is 9.29. The maximum Gasteiger partial charge on any atom is 0.298 e. The highest BCUT2D eigenvalue weighted by molar-refractivity contribution is 5.97. The molecular weight excluding hydrogens is 513 g/mol. The van der Waals surface area contributed by atoms with Crippen LogP contribution in [0.3, 0.4) is 0 Å². The van der Waals surface area contributed by atoms with E-state index in [-0.39, 0.29) is 30.2 Å². The number of nitrogens with one attached hydrogen (secondary N) is 2. The molecule has 9 nitrogen and oxygen atoms in total. The van der Waals surface area contributed by atoms with Crippen molar-refractivity contribution in [2.24, 2.45) is 0 Å². The lowest BCUT2D eigenvalue weighted by Gasteiger charge is -2.19. The van der Waals surface area contributed by atoms with E-state index < -0.39 is 23.2 Å². The zero-order valence-corrected chi connectivity index (χ0v) is 21.9. The van der Waals surface area contributed by atoms with Gasteiger partial charge in [0.1, 0.15) is 12.4 Å². The van der Waals surface area contributed by atoms with Crippen molar-refractivity contribution in [2.45, 2.75) is 26.2 Å². The van der Waals surface area contributed by atoms with Gasteiger partial charge in [0.15, 0.2) is 5.69 Å². The monoisotopic (exact) mass is 541 g/mol. The lowest BCUT2D eigenvalue weighted by molar-refractivity contribution is 0.0931. The molecule has 4 aromatic rings. The van der Waals surface area contributed by atoms with Crippen LogP contribution in [0.5, 0.6) is 5.75 Å². The van der Waals surface area contributed by atoms with Crippen molar-refractivity contribution in [1.29, 1.82) is 0 Å². The van der Waals surface area contributed by atoms with E-state index in [1.165, 1.54) is 23.7 Å². The van der Waals surface area contributed by atoms with Gasteiger partial charge in [-0.1, -0.05) is 66.7 Å². The van der Waals surface area contributed by atoms with Crippen LogP contribution in [0.4, 0.5) is 10.3 Å². The molecule has 2 N–H and O–H groups in total. The minimum atomic E-state index is -0.651. The van der Waals surface area contributed by atoms with Crippen molar-refractivity contribution in [3.8, 4) is 5.75 Å². The summed E-state index contributed by atoms with van der Waals surface area (Å²) in [6.45, 7) is 1.45. The van der Waals surface area contributed by atoms with Crippen molar-refractivity contribution in [2.75, 3.05) is 18.5 Å². The van der Waals surface area contributed by atoms with Crippen molar-refractivity contribution in [3.05, 3.63) is 123 Å². The van der Waals surface area contributed by atoms with E-state index in [1.807, 2.05) is 65.6 Å². The molecule has 0 fully saturated rings. The number of carbonyl (C=O) groups excluding carboxylic acids is 2. The van der Waals surface area contributed by atoms with E-state index in [0.29, 0.717) is 31.1 Å². The van der Waals surface area contributed by atoms with Crippen LogP contribution in [0.25, 0.3) is 0 Å². The van der Waals surface area contributed by atoms with Gasteiger partial charge < -0.3 is 20.3 Å². The quantitative estimate of drug-likeness (QED) is 0.337. The third-order valence-corrected chi connectivity index (χ3v) is 6.62. The highest BCUT2D eigenvalue weighted by Crippen LogP contribution is 2.24. The standard InChI is InChI=1S/C30H28FN5O4/c1-32-27(37)24-16-23(31)13-12-22(24)17-33-28(38)25-26(40-19-21-10-6-3-7-11-21)29(39)36-15-14-35(30(36)34-25)18-20-8-4-2-5-9-20/h2-13,16H,14-15,17-19H2,1H3,(H,32,37)(H,33,38). The number of amides is 2. The van der Waals surface area contributed by atoms with Crippen LogP contribution in [0.2, 0.25) is 0 Å². The highest BCUT2D eigenvalue weighted by Gasteiger charge is 2.29. The Morgan fingerprint density at radius 1 is 0.950 bits per heavy atom. The number of benzene rings is 3. The van der Waals surface area contributed by atoms with Gasteiger partial charge in [0, 0.05) is 38.8 Å². The number of rotatable bonds is 9. The molecule has 2 amide bonds. The molecule has 10 heteroatoms. The second kappa shape index (κ2) is 11.8. The predicted molar refractivity (Wildman–Crippen MR) is 148 cm³/mol. The SMILES string of the molecule is CNC(=O)c1cc(F)ccc1CNC(=O)c1nc2n(c(=O)c1OCc1ccccc1)CCN2Cc1ccccc1. The fraction of sp³-hybridized carbons (Fsp3) is 0.200. The third kappa shape index (κ3) is 5.70. The van der Waals surface area contributed by atoms with Gasteiger partial charge in [-0.05, 0) is 28.8 Å². The first-order chi connectivity index (χ1) is 19.4. The number of carbonyl (C=O) groups is 2. The average molecular weight is 542 g/mol. The van der Waals surface area contributed by atoms with E-state index in [9.17, 15) is 18.8 Å². The first-order valence-corrected chi connectivity index (χ1v) is 12.8. The lowest BCUT2D eigenvalue weighted by Crippen LogP contribution is -2.32. The third-order valence-electron chi connectivity index (χ3n) is 6.62. The number of anilines is 1. The Labute approximate surface area is 230 Å². The van der Waals surface area contributed by atoms with Crippen LogP contribution < -0.4 is 25.8 Å². The maximum atomic E-state index is 13.8. The summed E-state index contributed by atoms with van der Waals surface area (Å²) in [7, 11) is 1.44. The molecule has 0 atom stereocenters. The maximum absolute atomic E-state index is 13.8. The van der Waals surface area contributed by atoms with Crippen LogP contribution in [0.15, 0.2) is 83.7 Å². The molecule has 0 bridgehead atoms. The minimum Gasteiger partial charge on any atom is -0.481 e. The molecule has 0 saturated carbocycles. The molecule has 0 spiro atoms. The molecule has 0 radical (unpaired) electrons. The van der Waals surface area contributed by atoms with E-state index in [1.54, 1.807) is 0 Å². The van der Waals surface area contributed by atoms with Crippen LogP contribution in [0.1, 0.15) is 37.5 Å². The Morgan fingerprint density at radius 2 is 1.65 bits per heavy atom. The zero-order chi connectivity index (χ0) is 28.1. The van der Waals surface area contributed by atoms with Gasteiger partial charge in [0.2, 0.25) is 11.7 Å². The molecule has 1 aliphatic heterocycles. The van der Waals surface area contributed by atoms with Crippen molar-refractivity contribution in [3.63, 3.8) is 0 Å². The topological polar surface area (TPSA) is 106 Å². The molecule has 1 aliphatic rings. The molecule has 5 rings (SSSR count). The predicted octanol–water partition coefficient (Wildman–Crippen LogP) is 3.27. The largest absolute Gasteiger partial charge is 0.481 e. The number of ether oxygens (including phenoxy) is 1. The molecule has 204 valence electrons. The minimum absolute atomic E-state index is 0.0733. The van der Waals surface area contributed by atoms with Crippen LogP contribution in [-0.4, -0.2) is 35.0 Å². The summed E-state index contributed by atoms with van der Waals surface area (Å²) in [4.78, 5) is 45.9. The molecule has 3 aromatic carbocycles. The van der Waals surface area contributed by atoms with Crippen molar-refractivity contribution in [1.82, 2.24) is 20.2 Å². The Morgan fingerprint density at radius 3 is 2.35 bits per heavy atom. The van der Waals surface area contributed by atoms with E-state index >= 15 is 0 Å².